The number of alkyl halides is 2. The van der Waals surface area contributed by atoms with Crippen molar-refractivity contribution in [1.29, 1.82) is 0 Å². The smallest absolute Gasteiger partial charge is 0.351 e. The number of aromatic nitrogens is 2. The molecule has 2 heterocycles. The van der Waals surface area contributed by atoms with E-state index in [1.165, 1.54) is 12.3 Å². The van der Waals surface area contributed by atoms with Gasteiger partial charge in [-0.05, 0) is 12.0 Å². The molecule has 0 aromatic carbocycles. The number of aliphatic hydroxyl groups is 1. The lowest BCUT2D eigenvalue weighted by Crippen LogP contribution is -2.37. The SMILES string of the molecule is CC(C)C(N)CNc1ccn([C@@H]2O[C@@H](CO)CC2(F)F)c(=O)n1. The summed E-state index contributed by atoms with van der Waals surface area (Å²) in [5.74, 6) is -2.72. The van der Waals surface area contributed by atoms with Crippen LogP contribution in [0.25, 0.3) is 0 Å². The summed E-state index contributed by atoms with van der Waals surface area (Å²) >= 11 is 0. The molecule has 1 unspecified atom stereocenters. The zero-order valence-corrected chi connectivity index (χ0v) is 13.1. The van der Waals surface area contributed by atoms with Crippen molar-refractivity contribution in [2.45, 2.75) is 44.6 Å². The van der Waals surface area contributed by atoms with Gasteiger partial charge in [-0.1, -0.05) is 13.8 Å². The lowest BCUT2D eigenvalue weighted by Gasteiger charge is -2.20. The normalized spacial score (nSPS) is 24.8. The van der Waals surface area contributed by atoms with E-state index < -0.39 is 37.0 Å². The molecule has 3 atom stereocenters. The molecule has 2 rings (SSSR count). The highest BCUT2D eigenvalue weighted by atomic mass is 19.3. The predicted molar refractivity (Wildman–Crippen MR) is 80.4 cm³/mol. The molecule has 1 fully saturated rings. The molecule has 0 amide bonds. The molecule has 0 bridgehead atoms. The first-order chi connectivity index (χ1) is 10.7. The maximum absolute atomic E-state index is 13.9. The number of ether oxygens (including phenoxy) is 1. The highest BCUT2D eigenvalue weighted by molar-refractivity contribution is 5.32. The molecule has 1 aliphatic heterocycles. The Hall–Kier alpha value is -1.58. The van der Waals surface area contributed by atoms with Crippen molar-refractivity contribution < 1.29 is 18.6 Å². The Labute approximate surface area is 132 Å². The number of nitrogens with two attached hydrogens (primary N) is 1. The Morgan fingerprint density at radius 1 is 1.61 bits per heavy atom. The van der Waals surface area contributed by atoms with Crippen molar-refractivity contribution in [1.82, 2.24) is 9.55 Å². The highest BCUT2D eigenvalue weighted by Gasteiger charge is 2.51. The van der Waals surface area contributed by atoms with Gasteiger partial charge >= 0.3 is 5.69 Å². The molecule has 1 aromatic heterocycles. The van der Waals surface area contributed by atoms with Crippen molar-refractivity contribution in [3.8, 4) is 0 Å². The first-order valence-electron chi connectivity index (χ1n) is 7.47. The van der Waals surface area contributed by atoms with Gasteiger partial charge in [0.15, 0.2) is 0 Å². The van der Waals surface area contributed by atoms with Crippen LogP contribution in [0.3, 0.4) is 0 Å². The molecule has 9 heteroatoms. The zero-order valence-electron chi connectivity index (χ0n) is 13.1. The summed E-state index contributed by atoms with van der Waals surface area (Å²) in [4.78, 5) is 15.7. The van der Waals surface area contributed by atoms with Gasteiger partial charge in [0.25, 0.3) is 5.92 Å². The van der Waals surface area contributed by atoms with E-state index >= 15 is 0 Å². The zero-order chi connectivity index (χ0) is 17.2. The molecule has 1 aromatic rings. The van der Waals surface area contributed by atoms with Gasteiger partial charge in [0.05, 0.1) is 12.7 Å². The Balaban J connectivity index is 2.12. The van der Waals surface area contributed by atoms with Crippen LogP contribution in [-0.2, 0) is 4.74 Å². The second-order valence-electron chi connectivity index (χ2n) is 6.05. The summed E-state index contributed by atoms with van der Waals surface area (Å²) in [5, 5.41) is 11.9. The molecule has 130 valence electrons. The number of nitrogens with one attached hydrogen (secondary N) is 1. The van der Waals surface area contributed by atoms with E-state index in [4.69, 9.17) is 15.6 Å². The fourth-order valence-electron chi connectivity index (χ4n) is 2.26. The van der Waals surface area contributed by atoms with Crippen molar-refractivity contribution in [2.75, 3.05) is 18.5 Å². The number of hydrogen-bond acceptors (Lipinski definition) is 6. The average molecular weight is 332 g/mol. The van der Waals surface area contributed by atoms with Crippen LogP contribution in [0.15, 0.2) is 17.1 Å². The summed E-state index contributed by atoms with van der Waals surface area (Å²) in [6, 6.07) is 1.30. The lowest BCUT2D eigenvalue weighted by atomic mass is 10.1. The van der Waals surface area contributed by atoms with E-state index in [0.29, 0.717) is 6.54 Å². The Morgan fingerprint density at radius 2 is 2.30 bits per heavy atom. The molecule has 0 saturated carbocycles. The fourth-order valence-corrected chi connectivity index (χ4v) is 2.26. The minimum Gasteiger partial charge on any atom is -0.394 e. The highest BCUT2D eigenvalue weighted by Crippen LogP contribution is 2.41. The third-order valence-corrected chi connectivity index (χ3v) is 3.84. The molecular formula is C14H22F2N4O3. The first kappa shape index (κ1) is 17.8. The summed E-state index contributed by atoms with van der Waals surface area (Å²) < 4.78 is 33.6. The van der Waals surface area contributed by atoms with E-state index in [1.807, 2.05) is 13.8 Å². The molecule has 0 aliphatic carbocycles. The van der Waals surface area contributed by atoms with E-state index in [1.54, 1.807) is 0 Å². The Kier molecular flexibility index (Phi) is 5.33. The minimum atomic E-state index is -3.24. The van der Waals surface area contributed by atoms with Crippen LogP contribution in [0.2, 0.25) is 0 Å². The van der Waals surface area contributed by atoms with Gasteiger partial charge in [0, 0.05) is 25.2 Å². The van der Waals surface area contributed by atoms with Gasteiger partial charge in [0.1, 0.15) is 5.82 Å². The van der Waals surface area contributed by atoms with Gasteiger partial charge in [-0.2, -0.15) is 4.98 Å². The number of halogens is 2. The van der Waals surface area contributed by atoms with Crippen LogP contribution in [0.4, 0.5) is 14.6 Å². The topological polar surface area (TPSA) is 102 Å². The molecule has 0 radical (unpaired) electrons. The quantitative estimate of drug-likeness (QED) is 0.703. The minimum absolute atomic E-state index is 0.118. The van der Waals surface area contributed by atoms with E-state index in [0.717, 1.165) is 4.57 Å². The van der Waals surface area contributed by atoms with Crippen LogP contribution < -0.4 is 16.7 Å². The maximum Gasteiger partial charge on any atom is 0.351 e. The van der Waals surface area contributed by atoms with E-state index in [9.17, 15) is 13.6 Å². The second kappa shape index (κ2) is 6.90. The standard InChI is InChI=1S/C14H22F2N4O3/c1-8(2)10(17)6-18-11-3-4-20(13(22)19-11)12-14(15,16)5-9(7-21)23-12/h3-4,8-10,12,21H,5-7,17H2,1-2H3,(H,18,19,22)/t9-,10?,12-/m1/s1. The fraction of sp³-hybridized carbons (Fsp3) is 0.714. The Morgan fingerprint density at radius 3 is 2.83 bits per heavy atom. The van der Waals surface area contributed by atoms with Gasteiger partial charge < -0.3 is 20.9 Å². The maximum atomic E-state index is 13.9. The molecule has 1 saturated heterocycles. The van der Waals surface area contributed by atoms with Crippen molar-refractivity contribution in [3.63, 3.8) is 0 Å². The van der Waals surface area contributed by atoms with Crippen LogP contribution >= 0.6 is 0 Å². The first-order valence-corrected chi connectivity index (χ1v) is 7.47. The summed E-state index contributed by atoms with van der Waals surface area (Å²) in [5.41, 5.74) is 5.03. The van der Waals surface area contributed by atoms with Crippen molar-refractivity contribution in [2.24, 2.45) is 11.7 Å². The number of hydrogen-bond donors (Lipinski definition) is 3. The number of rotatable bonds is 6. The van der Waals surface area contributed by atoms with Crippen LogP contribution in [0, 0.1) is 5.92 Å². The van der Waals surface area contributed by atoms with E-state index in [2.05, 4.69) is 10.3 Å². The number of aliphatic hydroxyl groups excluding tert-OH is 1. The van der Waals surface area contributed by atoms with E-state index in [-0.39, 0.29) is 17.8 Å². The number of nitrogens with zero attached hydrogens (tertiary/aromatic N) is 2. The predicted octanol–water partition coefficient (Wildman–Crippen LogP) is 0.554. The molecular weight excluding hydrogens is 310 g/mol. The largest absolute Gasteiger partial charge is 0.394 e. The molecule has 4 N–H and O–H groups in total. The third-order valence-electron chi connectivity index (χ3n) is 3.84. The summed E-state index contributed by atoms with van der Waals surface area (Å²) in [6.07, 6.45) is -2.18. The average Bonchev–Trinajstić information content (AvgIpc) is 2.79. The van der Waals surface area contributed by atoms with Gasteiger partial charge in [-0.3, -0.25) is 4.57 Å². The summed E-state index contributed by atoms with van der Waals surface area (Å²) in [7, 11) is 0. The molecule has 23 heavy (non-hydrogen) atoms. The second-order valence-corrected chi connectivity index (χ2v) is 6.05. The van der Waals surface area contributed by atoms with Gasteiger partial charge in [-0.25, -0.2) is 13.6 Å². The molecule has 1 aliphatic rings. The Bertz CT molecular complexity index is 594. The van der Waals surface area contributed by atoms with Crippen LogP contribution in [-0.4, -0.2) is 45.9 Å². The lowest BCUT2D eigenvalue weighted by molar-refractivity contribution is -0.120. The summed E-state index contributed by atoms with van der Waals surface area (Å²) in [6.45, 7) is 3.82. The van der Waals surface area contributed by atoms with Crippen LogP contribution in [0.5, 0.6) is 0 Å². The van der Waals surface area contributed by atoms with Crippen LogP contribution in [0.1, 0.15) is 26.5 Å². The van der Waals surface area contributed by atoms with Gasteiger partial charge in [-0.15, -0.1) is 0 Å². The van der Waals surface area contributed by atoms with Crippen molar-refractivity contribution in [3.05, 3.63) is 22.7 Å². The molecule has 7 nitrogen and oxygen atoms in total. The number of anilines is 1. The van der Waals surface area contributed by atoms with Gasteiger partial charge in [0.2, 0.25) is 6.23 Å². The third kappa shape index (κ3) is 4.04. The van der Waals surface area contributed by atoms with Crippen molar-refractivity contribution >= 4 is 5.82 Å². The molecule has 0 spiro atoms. The monoisotopic (exact) mass is 332 g/mol.